The fourth-order valence-corrected chi connectivity index (χ4v) is 1.62. The van der Waals surface area contributed by atoms with Gasteiger partial charge >= 0.3 is 6.03 Å². The maximum absolute atomic E-state index is 11.2. The van der Waals surface area contributed by atoms with Crippen molar-refractivity contribution in [1.29, 1.82) is 0 Å². The molecule has 1 aromatic rings. The molecule has 1 aromatic carbocycles. The van der Waals surface area contributed by atoms with E-state index in [1.807, 2.05) is 31.2 Å². The van der Waals surface area contributed by atoms with Gasteiger partial charge in [0, 0.05) is 18.0 Å². The van der Waals surface area contributed by atoms with E-state index in [4.69, 9.17) is 5.21 Å². The molecule has 0 saturated heterocycles. The van der Waals surface area contributed by atoms with Gasteiger partial charge in [0.25, 0.3) is 0 Å². The van der Waals surface area contributed by atoms with Gasteiger partial charge in [0.15, 0.2) is 0 Å². The van der Waals surface area contributed by atoms with Crippen LogP contribution < -0.4 is 5.32 Å². The van der Waals surface area contributed by atoms with Gasteiger partial charge in [-0.2, -0.15) is 0 Å². The number of hydrogen-bond acceptors (Lipinski definition) is 3. The molecule has 0 aliphatic heterocycles. The largest absolute Gasteiger partial charge is 0.341 e. The van der Waals surface area contributed by atoms with E-state index in [0.717, 1.165) is 10.5 Å². The van der Waals surface area contributed by atoms with Crippen molar-refractivity contribution in [2.45, 2.75) is 24.3 Å². The van der Waals surface area contributed by atoms with Crippen LogP contribution in [0.2, 0.25) is 0 Å². The van der Waals surface area contributed by atoms with Gasteiger partial charge < -0.3 is 5.32 Å². The molecule has 1 rings (SSSR count). The van der Waals surface area contributed by atoms with E-state index in [-0.39, 0.29) is 6.04 Å². The number of rotatable bonds is 3. The fraction of sp³-hybridized carbons (Fsp3) is 0.364. The summed E-state index contributed by atoms with van der Waals surface area (Å²) in [4.78, 5) is 12.1. The Morgan fingerprint density at radius 2 is 2.19 bits per heavy atom. The van der Waals surface area contributed by atoms with Crippen molar-refractivity contribution < 1.29 is 10.0 Å². The van der Waals surface area contributed by atoms with E-state index in [2.05, 4.69) is 17.9 Å². The maximum Gasteiger partial charge on any atom is 0.341 e. The quantitative estimate of drug-likeness (QED) is 0.429. The molecule has 2 N–H and O–H groups in total. The van der Waals surface area contributed by atoms with Crippen molar-refractivity contribution in [3.05, 3.63) is 29.8 Å². The van der Waals surface area contributed by atoms with Gasteiger partial charge in [0.1, 0.15) is 0 Å². The fourth-order valence-electron chi connectivity index (χ4n) is 1.37. The summed E-state index contributed by atoms with van der Waals surface area (Å²) in [6, 6.07) is 7.15. The number of carbonyl (C=O) groups is 1. The monoisotopic (exact) mass is 240 g/mol. The lowest BCUT2D eigenvalue weighted by atomic mass is 10.1. The first-order valence-electron chi connectivity index (χ1n) is 5.00. The van der Waals surface area contributed by atoms with E-state index in [1.54, 1.807) is 0 Å². The Balaban J connectivity index is 2.55. The van der Waals surface area contributed by atoms with E-state index in [0.29, 0.717) is 11.5 Å². The summed E-state index contributed by atoms with van der Waals surface area (Å²) in [6.07, 6.45) is 0.680. The summed E-state index contributed by atoms with van der Waals surface area (Å²) >= 11 is 4.33. The van der Waals surface area contributed by atoms with E-state index in [9.17, 15) is 4.79 Å². The number of urea groups is 1. The van der Waals surface area contributed by atoms with Crippen LogP contribution in [0.25, 0.3) is 0 Å². The van der Waals surface area contributed by atoms with Crippen LogP contribution in [0, 0.1) is 0 Å². The van der Waals surface area contributed by atoms with Crippen LogP contribution in [-0.4, -0.2) is 29.4 Å². The summed E-state index contributed by atoms with van der Waals surface area (Å²) in [7, 11) is 1.29. The van der Waals surface area contributed by atoms with Gasteiger partial charge in [-0.1, -0.05) is 18.2 Å². The topological polar surface area (TPSA) is 52.6 Å². The molecule has 0 heterocycles. The molecule has 0 aliphatic carbocycles. The average molecular weight is 240 g/mol. The van der Waals surface area contributed by atoms with Crippen LogP contribution in [0.1, 0.15) is 12.5 Å². The minimum Gasteiger partial charge on any atom is -0.333 e. The highest BCUT2D eigenvalue weighted by molar-refractivity contribution is 7.80. The summed E-state index contributed by atoms with van der Waals surface area (Å²) < 4.78 is 0. The standard InChI is InChI=1S/C11H16N2O2S/c1-8(12-11(14)13(2)15)7-9-5-3-4-6-10(9)16/h3-6,8,15-16H,7H2,1-2H3,(H,12,14). The summed E-state index contributed by atoms with van der Waals surface area (Å²) in [6.45, 7) is 1.88. The molecule has 0 aliphatic rings. The highest BCUT2D eigenvalue weighted by atomic mass is 32.1. The van der Waals surface area contributed by atoms with Crippen LogP contribution >= 0.6 is 12.6 Å². The van der Waals surface area contributed by atoms with Gasteiger partial charge in [0.05, 0.1) is 0 Å². The second-order valence-corrected chi connectivity index (χ2v) is 4.19. The molecule has 5 heteroatoms. The van der Waals surface area contributed by atoms with Crippen LogP contribution in [0.5, 0.6) is 0 Å². The normalized spacial score (nSPS) is 12.0. The molecule has 1 atom stereocenters. The third-order valence-electron chi connectivity index (χ3n) is 2.18. The van der Waals surface area contributed by atoms with Crippen LogP contribution in [-0.2, 0) is 6.42 Å². The number of carbonyl (C=O) groups excluding carboxylic acids is 1. The number of benzene rings is 1. The van der Waals surface area contributed by atoms with E-state index < -0.39 is 6.03 Å². The average Bonchev–Trinajstić information content (AvgIpc) is 2.21. The molecule has 0 aromatic heterocycles. The van der Waals surface area contributed by atoms with Gasteiger partial charge in [0.2, 0.25) is 0 Å². The zero-order chi connectivity index (χ0) is 12.1. The SMILES string of the molecule is CC(Cc1ccccc1S)NC(=O)N(C)O. The van der Waals surface area contributed by atoms with Crippen molar-refractivity contribution in [1.82, 2.24) is 10.4 Å². The minimum atomic E-state index is -0.510. The molecule has 1 unspecified atom stereocenters. The maximum atomic E-state index is 11.2. The molecule has 0 radical (unpaired) electrons. The number of thiol groups is 1. The van der Waals surface area contributed by atoms with Crippen LogP contribution in [0.4, 0.5) is 4.79 Å². The number of nitrogens with one attached hydrogen (secondary N) is 1. The summed E-state index contributed by atoms with van der Waals surface area (Å²) in [5.41, 5.74) is 1.07. The molecular weight excluding hydrogens is 224 g/mol. The third kappa shape index (κ3) is 3.75. The van der Waals surface area contributed by atoms with Crippen molar-refractivity contribution in [2.24, 2.45) is 0 Å². The van der Waals surface area contributed by atoms with Crippen molar-refractivity contribution in [2.75, 3.05) is 7.05 Å². The van der Waals surface area contributed by atoms with Crippen molar-refractivity contribution in [3.8, 4) is 0 Å². The number of nitrogens with zero attached hydrogens (tertiary/aromatic N) is 1. The molecule has 16 heavy (non-hydrogen) atoms. The van der Waals surface area contributed by atoms with Crippen LogP contribution in [0.15, 0.2) is 29.2 Å². The molecule has 88 valence electrons. The smallest absolute Gasteiger partial charge is 0.333 e. The Labute approximate surface area is 101 Å². The first-order chi connectivity index (χ1) is 7.50. The second kappa shape index (κ2) is 5.77. The van der Waals surface area contributed by atoms with Gasteiger partial charge in [-0.3, -0.25) is 5.21 Å². The van der Waals surface area contributed by atoms with Gasteiger partial charge in [-0.25, -0.2) is 9.86 Å². The van der Waals surface area contributed by atoms with E-state index >= 15 is 0 Å². The lowest BCUT2D eigenvalue weighted by Gasteiger charge is -2.17. The summed E-state index contributed by atoms with van der Waals surface area (Å²) in [5, 5.41) is 12.1. The Morgan fingerprint density at radius 1 is 1.56 bits per heavy atom. The lowest BCUT2D eigenvalue weighted by molar-refractivity contribution is -0.0192. The number of hydrogen-bond donors (Lipinski definition) is 3. The zero-order valence-corrected chi connectivity index (χ0v) is 10.2. The van der Waals surface area contributed by atoms with Crippen molar-refractivity contribution >= 4 is 18.7 Å². The Hall–Kier alpha value is -1.20. The number of hydroxylamine groups is 2. The Bertz CT molecular complexity index is 369. The van der Waals surface area contributed by atoms with Gasteiger partial charge in [-0.05, 0) is 25.0 Å². The predicted molar refractivity (Wildman–Crippen MR) is 64.9 cm³/mol. The number of amides is 2. The van der Waals surface area contributed by atoms with Gasteiger partial charge in [-0.15, -0.1) is 12.6 Å². The lowest BCUT2D eigenvalue weighted by Crippen LogP contribution is -2.41. The third-order valence-corrected chi connectivity index (χ3v) is 2.62. The molecule has 0 bridgehead atoms. The minimum absolute atomic E-state index is 0.0598. The molecule has 2 amide bonds. The Kier molecular flexibility index (Phi) is 4.64. The predicted octanol–water partition coefficient (Wildman–Crippen LogP) is 1.94. The highest BCUT2D eigenvalue weighted by Gasteiger charge is 2.11. The molecule has 0 spiro atoms. The zero-order valence-electron chi connectivity index (χ0n) is 9.34. The first kappa shape index (κ1) is 12.9. The highest BCUT2D eigenvalue weighted by Crippen LogP contribution is 2.14. The summed E-state index contributed by atoms with van der Waals surface area (Å²) in [5.74, 6) is 0. The molecule has 4 nitrogen and oxygen atoms in total. The molecular formula is C11H16N2O2S. The molecule has 0 saturated carbocycles. The van der Waals surface area contributed by atoms with Crippen LogP contribution in [0.3, 0.4) is 0 Å². The Morgan fingerprint density at radius 3 is 2.75 bits per heavy atom. The second-order valence-electron chi connectivity index (χ2n) is 3.71. The molecule has 0 fully saturated rings. The van der Waals surface area contributed by atoms with Crippen molar-refractivity contribution in [3.63, 3.8) is 0 Å². The van der Waals surface area contributed by atoms with E-state index in [1.165, 1.54) is 7.05 Å². The first-order valence-corrected chi connectivity index (χ1v) is 5.45.